The van der Waals surface area contributed by atoms with Crippen molar-refractivity contribution in [2.24, 2.45) is 0 Å². The summed E-state index contributed by atoms with van der Waals surface area (Å²) in [6.45, 7) is 1.71. The lowest BCUT2D eigenvalue weighted by Crippen LogP contribution is -2.38. The van der Waals surface area contributed by atoms with Crippen LogP contribution in [0.1, 0.15) is 6.92 Å². The van der Waals surface area contributed by atoms with E-state index in [4.69, 9.17) is 0 Å². The summed E-state index contributed by atoms with van der Waals surface area (Å²) in [4.78, 5) is 8.21. The third kappa shape index (κ3) is 2.91. The molecule has 2 rings (SSSR count). The van der Waals surface area contributed by atoms with E-state index >= 15 is 0 Å². The number of nitrogens with zero attached hydrogens (tertiary/aromatic N) is 2. The van der Waals surface area contributed by atoms with Crippen molar-refractivity contribution in [2.45, 2.75) is 19.2 Å². The lowest BCUT2D eigenvalue weighted by atomic mass is 10.3. The minimum atomic E-state index is -0.548. The monoisotopic (exact) mass is 256 g/mol. The van der Waals surface area contributed by atoms with Crippen LogP contribution in [0.2, 0.25) is 0 Å². The summed E-state index contributed by atoms with van der Waals surface area (Å²) in [5.74, 6) is 0. The molecule has 2 heterocycles. The van der Waals surface area contributed by atoms with Crippen molar-refractivity contribution in [2.75, 3.05) is 10.6 Å². The smallest absolute Gasteiger partial charge is 0.184 e. The third-order valence-electron chi connectivity index (χ3n) is 1.90. The molecule has 2 aromatic heterocycles. The summed E-state index contributed by atoms with van der Waals surface area (Å²) in [6, 6.07) is 0. The Bertz CT molecular complexity index is 365. The van der Waals surface area contributed by atoms with Crippen molar-refractivity contribution >= 4 is 32.9 Å². The Morgan fingerprint density at radius 3 is 1.94 bits per heavy atom. The lowest BCUT2D eigenvalue weighted by molar-refractivity contribution is 0.180. The highest BCUT2D eigenvalue weighted by Crippen LogP contribution is 2.17. The molecule has 0 spiro atoms. The highest BCUT2D eigenvalue weighted by Gasteiger charge is 2.16. The second-order valence-corrected chi connectivity index (χ2v) is 4.97. The molecule has 0 saturated heterocycles. The SMILES string of the molecule is CC(O)C(Nc1nccs1)Nc1nccs1. The second-order valence-electron chi connectivity index (χ2n) is 3.18. The molecule has 0 fully saturated rings. The third-order valence-corrected chi connectivity index (χ3v) is 3.31. The Labute approximate surface area is 101 Å². The first-order chi connectivity index (χ1) is 7.75. The fourth-order valence-electron chi connectivity index (χ4n) is 1.13. The number of thiazole rings is 2. The number of aliphatic hydroxyl groups excluding tert-OH is 1. The topological polar surface area (TPSA) is 70.1 Å². The maximum Gasteiger partial charge on any atom is 0.184 e. The Kier molecular flexibility index (Phi) is 3.70. The first kappa shape index (κ1) is 11.3. The molecule has 0 bridgehead atoms. The molecule has 0 aromatic carbocycles. The van der Waals surface area contributed by atoms with E-state index in [1.54, 1.807) is 19.3 Å². The largest absolute Gasteiger partial charge is 0.389 e. The van der Waals surface area contributed by atoms with Crippen molar-refractivity contribution in [3.8, 4) is 0 Å². The predicted octanol–water partition coefficient (Wildman–Crippen LogP) is 1.83. The van der Waals surface area contributed by atoms with Crippen LogP contribution < -0.4 is 10.6 Å². The maximum atomic E-state index is 9.64. The van der Waals surface area contributed by atoms with E-state index in [1.807, 2.05) is 10.8 Å². The zero-order valence-corrected chi connectivity index (χ0v) is 10.3. The van der Waals surface area contributed by atoms with Crippen LogP contribution in [0.5, 0.6) is 0 Å². The van der Waals surface area contributed by atoms with Gasteiger partial charge in [-0.25, -0.2) is 9.97 Å². The first-order valence-corrected chi connectivity index (χ1v) is 6.52. The highest BCUT2D eigenvalue weighted by molar-refractivity contribution is 7.14. The Hall–Kier alpha value is -1.18. The molecular weight excluding hydrogens is 244 g/mol. The van der Waals surface area contributed by atoms with Crippen LogP contribution in [0.4, 0.5) is 10.3 Å². The fourth-order valence-corrected chi connectivity index (χ4v) is 2.27. The van der Waals surface area contributed by atoms with Gasteiger partial charge in [0.05, 0.1) is 6.10 Å². The maximum absolute atomic E-state index is 9.64. The van der Waals surface area contributed by atoms with Gasteiger partial charge in [0.25, 0.3) is 0 Å². The molecule has 3 N–H and O–H groups in total. The average Bonchev–Trinajstić information content (AvgIpc) is 2.88. The highest BCUT2D eigenvalue weighted by atomic mass is 32.1. The van der Waals surface area contributed by atoms with Crippen molar-refractivity contribution < 1.29 is 5.11 Å². The molecule has 5 nitrogen and oxygen atoms in total. The van der Waals surface area contributed by atoms with Crippen LogP contribution in [0.3, 0.4) is 0 Å². The minimum Gasteiger partial charge on any atom is -0.389 e. The van der Waals surface area contributed by atoms with Gasteiger partial charge in [0.2, 0.25) is 0 Å². The van der Waals surface area contributed by atoms with Crippen molar-refractivity contribution in [1.29, 1.82) is 0 Å². The predicted molar refractivity (Wildman–Crippen MR) is 66.9 cm³/mol. The first-order valence-electron chi connectivity index (χ1n) is 4.76. The normalized spacial score (nSPS) is 12.7. The minimum absolute atomic E-state index is 0.294. The molecule has 0 amide bonds. The van der Waals surface area contributed by atoms with Crippen LogP contribution in [0, 0.1) is 0 Å². The number of aromatic nitrogens is 2. The van der Waals surface area contributed by atoms with Crippen LogP contribution in [0.25, 0.3) is 0 Å². The van der Waals surface area contributed by atoms with Gasteiger partial charge in [-0.1, -0.05) is 0 Å². The molecule has 0 aliphatic carbocycles. The molecule has 1 unspecified atom stereocenters. The van der Waals surface area contributed by atoms with Crippen LogP contribution in [0.15, 0.2) is 23.2 Å². The standard InChI is InChI=1S/C9H12N4OS2/c1-6(14)7(12-8-10-2-4-15-8)13-9-11-3-5-16-9/h2-7,14H,1H3,(H,10,12)(H,11,13). The van der Waals surface area contributed by atoms with Gasteiger partial charge in [0, 0.05) is 23.2 Å². The summed E-state index contributed by atoms with van der Waals surface area (Å²) in [7, 11) is 0. The van der Waals surface area contributed by atoms with Crippen LogP contribution >= 0.6 is 22.7 Å². The molecule has 1 atom stereocenters. The average molecular weight is 256 g/mol. The molecule has 0 aliphatic rings. The summed E-state index contributed by atoms with van der Waals surface area (Å²) < 4.78 is 0. The van der Waals surface area contributed by atoms with Crippen LogP contribution in [-0.2, 0) is 0 Å². The summed E-state index contributed by atoms with van der Waals surface area (Å²) in [6.07, 6.45) is 2.59. The lowest BCUT2D eigenvalue weighted by Gasteiger charge is -2.21. The van der Waals surface area contributed by atoms with E-state index in [2.05, 4.69) is 20.6 Å². The fraction of sp³-hybridized carbons (Fsp3) is 0.333. The number of anilines is 2. The van der Waals surface area contributed by atoms with E-state index in [0.29, 0.717) is 0 Å². The summed E-state index contributed by atoms with van der Waals surface area (Å²) >= 11 is 2.98. The van der Waals surface area contributed by atoms with E-state index in [-0.39, 0.29) is 6.17 Å². The zero-order valence-electron chi connectivity index (χ0n) is 8.62. The van der Waals surface area contributed by atoms with E-state index in [1.165, 1.54) is 22.7 Å². The number of hydrogen-bond donors (Lipinski definition) is 3. The van der Waals surface area contributed by atoms with Gasteiger partial charge in [0.1, 0.15) is 6.17 Å². The van der Waals surface area contributed by atoms with Gasteiger partial charge < -0.3 is 15.7 Å². The van der Waals surface area contributed by atoms with E-state index in [9.17, 15) is 5.11 Å². The van der Waals surface area contributed by atoms with Gasteiger partial charge in [0.15, 0.2) is 10.3 Å². The molecule has 2 aromatic rings. The Morgan fingerprint density at radius 2 is 1.62 bits per heavy atom. The number of aliphatic hydroxyl groups is 1. The summed E-state index contributed by atoms with van der Waals surface area (Å²) in [5, 5.41) is 21.2. The van der Waals surface area contributed by atoms with Gasteiger partial charge in [-0.15, -0.1) is 22.7 Å². The van der Waals surface area contributed by atoms with Gasteiger partial charge in [-0.2, -0.15) is 0 Å². The Balaban J connectivity index is 2.00. The van der Waals surface area contributed by atoms with Crippen molar-refractivity contribution in [3.05, 3.63) is 23.2 Å². The van der Waals surface area contributed by atoms with Gasteiger partial charge in [-0.3, -0.25) is 0 Å². The van der Waals surface area contributed by atoms with Crippen molar-refractivity contribution in [3.63, 3.8) is 0 Å². The number of rotatable bonds is 5. The molecule has 0 aliphatic heterocycles. The molecule has 7 heteroatoms. The van der Waals surface area contributed by atoms with E-state index in [0.717, 1.165) is 10.3 Å². The Morgan fingerprint density at radius 1 is 1.12 bits per heavy atom. The van der Waals surface area contributed by atoms with Gasteiger partial charge in [-0.05, 0) is 6.92 Å². The number of nitrogens with one attached hydrogen (secondary N) is 2. The summed E-state index contributed by atoms with van der Waals surface area (Å²) in [5.41, 5.74) is 0. The van der Waals surface area contributed by atoms with Crippen LogP contribution in [-0.4, -0.2) is 27.3 Å². The van der Waals surface area contributed by atoms with Crippen molar-refractivity contribution in [1.82, 2.24) is 9.97 Å². The molecule has 0 saturated carbocycles. The van der Waals surface area contributed by atoms with Gasteiger partial charge >= 0.3 is 0 Å². The molecular formula is C9H12N4OS2. The number of hydrogen-bond acceptors (Lipinski definition) is 7. The molecule has 16 heavy (non-hydrogen) atoms. The molecule has 0 radical (unpaired) electrons. The second kappa shape index (κ2) is 5.24. The molecule has 86 valence electrons. The zero-order chi connectivity index (χ0) is 11.4. The quantitative estimate of drug-likeness (QED) is 0.712. The van der Waals surface area contributed by atoms with E-state index < -0.39 is 6.10 Å².